The summed E-state index contributed by atoms with van der Waals surface area (Å²) in [6.45, 7) is 0. The van der Waals surface area contributed by atoms with E-state index in [1.54, 1.807) is 6.07 Å². The summed E-state index contributed by atoms with van der Waals surface area (Å²) in [5, 5.41) is 0.719. The second-order valence-electron chi connectivity index (χ2n) is 4.31. The van der Waals surface area contributed by atoms with Crippen LogP contribution in [0.15, 0.2) is 30.5 Å². The Labute approximate surface area is 153 Å². The minimum absolute atomic E-state index is 0.119. The van der Waals surface area contributed by atoms with E-state index < -0.39 is 12.3 Å². The van der Waals surface area contributed by atoms with Crippen molar-refractivity contribution in [3.63, 3.8) is 0 Å². The van der Waals surface area contributed by atoms with Crippen LogP contribution in [0.5, 0.6) is 17.4 Å². The molecule has 0 saturated carbocycles. The molecule has 1 aromatic carbocycles. The molecular weight excluding hydrogens is 381 g/mol. The van der Waals surface area contributed by atoms with Gasteiger partial charge in [0, 0.05) is 19.4 Å². The molecule has 1 atom stereocenters. The standard InChI is InChI=1S/C15H12Cl3NO5/c1-21-14(20)15(22-2)24-11-7-8(3-4-9(11)16)23-13-12(18)10(17)5-6-19-13/h3-7,15H,1-2H3. The van der Waals surface area contributed by atoms with Crippen LogP contribution in [0.4, 0.5) is 0 Å². The number of esters is 1. The van der Waals surface area contributed by atoms with Crippen LogP contribution in [0.1, 0.15) is 0 Å². The van der Waals surface area contributed by atoms with Crippen molar-refractivity contribution in [2.45, 2.75) is 6.29 Å². The van der Waals surface area contributed by atoms with Crippen LogP contribution in [0, 0.1) is 0 Å². The molecule has 0 spiro atoms. The second kappa shape index (κ2) is 8.39. The Bertz CT molecular complexity index is 741. The van der Waals surface area contributed by atoms with Crippen LogP contribution in [-0.2, 0) is 14.3 Å². The maximum Gasteiger partial charge on any atom is 0.376 e. The first-order valence-electron chi connectivity index (χ1n) is 6.51. The van der Waals surface area contributed by atoms with Crippen molar-refractivity contribution in [3.8, 4) is 17.4 Å². The normalized spacial score (nSPS) is 11.7. The first-order valence-corrected chi connectivity index (χ1v) is 7.64. The van der Waals surface area contributed by atoms with E-state index in [-0.39, 0.29) is 21.7 Å². The van der Waals surface area contributed by atoms with Crippen LogP contribution in [0.3, 0.4) is 0 Å². The number of carbonyl (C=O) groups is 1. The second-order valence-corrected chi connectivity index (χ2v) is 5.51. The van der Waals surface area contributed by atoms with Crippen LogP contribution < -0.4 is 9.47 Å². The third-order valence-electron chi connectivity index (χ3n) is 2.77. The minimum Gasteiger partial charge on any atom is -0.464 e. The smallest absolute Gasteiger partial charge is 0.376 e. The Kier molecular flexibility index (Phi) is 6.51. The number of carbonyl (C=O) groups excluding carboxylic acids is 1. The van der Waals surface area contributed by atoms with Crippen molar-refractivity contribution in [2.24, 2.45) is 0 Å². The third-order valence-corrected chi connectivity index (χ3v) is 3.86. The van der Waals surface area contributed by atoms with Crippen LogP contribution in [0.25, 0.3) is 0 Å². The van der Waals surface area contributed by atoms with Gasteiger partial charge in [-0.05, 0) is 18.2 Å². The molecule has 0 radical (unpaired) electrons. The number of aromatic nitrogens is 1. The summed E-state index contributed by atoms with van der Waals surface area (Å²) in [4.78, 5) is 15.5. The summed E-state index contributed by atoms with van der Waals surface area (Å²) < 4.78 is 20.4. The molecule has 0 N–H and O–H groups in total. The highest BCUT2D eigenvalue weighted by Gasteiger charge is 2.22. The average Bonchev–Trinajstić information content (AvgIpc) is 2.58. The Morgan fingerprint density at radius 3 is 2.54 bits per heavy atom. The predicted molar refractivity (Wildman–Crippen MR) is 89.2 cm³/mol. The molecule has 0 bridgehead atoms. The zero-order valence-corrected chi connectivity index (χ0v) is 14.9. The summed E-state index contributed by atoms with van der Waals surface area (Å²) in [6, 6.07) is 6.09. The van der Waals surface area contributed by atoms with Gasteiger partial charge in [0.05, 0.1) is 17.2 Å². The minimum atomic E-state index is -1.27. The maximum atomic E-state index is 11.5. The molecule has 0 aliphatic carbocycles. The van der Waals surface area contributed by atoms with Crippen molar-refractivity contribution in [1.29, 1.82) is 0 Å². The lowest BCUT2D eigenvalue weighted by molar-refractivity contribution is -0.170. The highest BCUT2D eigenvalue weighted by molar-refractivity contribution is 6.42. The lowest BCUT2D eigenvalue weighted by Crippen LogP contribution is -2.30. The molecule has 0 saturated heterocycles. The molecule has 0 aliphatic rings. The predicted octanol–water partition coefficient (Wildman–Crippen LogP) is 4.36. The highest BCUT2D eigenvalue weighted by atomic mass is 35.5. The molecule has 0 aliphatic heterocycles. The van der Waals surface area contributed by atoms with E-state index in [4.69, 9.17) is 49.0 Å². The number of hydrogen-bond acceptors (Lipinski definition) is 6. The van der Waals surface area contributed by atoms with Crippen LogP contribution in [0.2, 0.25) is 15.1 Å². The molecule has 9 heteroatoms. The van der Waals surface area contributed by atoms with Gasteiger partial charge in [-0.3, -0.25) is 0 Å². The fourth-order valence-corrected chi connectivity index (χ4v) is 2.08. The largest absolute Gasteiger partial charge is 0.464 e. The Balaban J connectivity index is 2.25. The van der Waals surface area contributed by atoms with Gasteiger partial charge in [-0.1, -0.05) is 34.8 Å². The van der Waals surface area contributed by atoms with Gasteiger partial charge in [0.25, 0.3) is 6.29 Å². The topological polar surface area (TPSA) is 66.9 Å². The maximum absolute atomic E-state index is 11.5. The van der Waals surface area contributed by atoms with Gasteiger partial charge in [0.1, 0.15) is 16.5 Å². The molecular formula is C15H12Cl3NO5. The lowest BCUT2D eigenvalue weighted by Gasteiger charge is -2.16. The molecule has 24 heavy (non-hydrogen) atoms. The molecule has 2 rings (SSSR count). The molecule has 0 fully saturated rings. The number of rotatable bonds is 6. The van der Waals surface area contributed by atoms with Crippen molar-refractivity contribution in [1.82, 2.24) is 4.98 Å². The zero-order chi connectivity index (χ0) is 17.7. The molecule has 6 nitrogen and oxygen atoms in total. The number of benzene rings is 1. The van der Waals surface area contributed by atoms with E-state index in [1.165, 1.54) is 38.6 Å². The van der Waals surface area contributed by atoms with E-state index in [1.807, 2.05) is 0 Å². The Morgan fingerprint density at radius 1 is 1.12 bits per heavy atom. The van der Waals surface area contributed by atoms with Gasteiger partial charge >= 0.3 is 5.97 Å². The fourth-order valence-electron chi connectivity index (χ4n) is 1.63. The molecule has 1 aromatic heterocycles. The summed E-state index contributed by atoms with van der Waals surface area (Å²) >= 11 is 18.0. The van der Waals surface area contributed by atoms with Crippen molar-refractivity contribution < 1.29 is 23.7 Å². The Morgan fingerprint density at radius 2 is 1.88 bits per heavy atom. The molecule has 128 valence electrons. The van der Waals surface area contributed by atoms with Crippen molar-refractivity contribution >= 4 is 40.8 Å². The van der Waals surface area contributed by atoms with Gasteiger partial charge in [0.2, 0.25) is 5.88 Å². The van der Waals surface area contributed by atoms with Gasteiger partial charge in [-0.2, -0.15) is 0 Å². The van der Waals surface area contributed by atoms with E-state index >= 15 is 0 Å². The molecule has 1 heterocycles. The van der Waals surface area contributed by atoms with Gasteiger partial charge < -0.3 is 18.9 Å². The van der Waals surface area contributed by atoms with E-state index in [0.29, 0.717) is 10.8 Å². The average molecular weight is 393 g/mol. The zero-order valence-electron chi connectivity index (χ0n) is 12.6. The number of halogens is 3. The number of pyridine rings is 1. The van der Waals surface area contributed by atoms with Gasteiger partial charge in [-0.25, -0.2) is 9.78 Å². The van der Waals surface area contributed by atoms with Crippen molar-refractivity contribution in [3.05, 3.63) is 45.5 Å². The first kappa shape index (κ1) is 18.6. The number of nitrogens with zero attached hydrogens (tertiary/aromatic N) is 1. The monoisotopic (exact) mass is 391 g/mol. The first-order chi connectivity index (χ1) is 11.5. The summed E-state index contributed by atoms with van der Waals surface area (Å²) in [5.41, 5.74) is 0. The van der Waals surface area contributed by atoms with Gasteiger partial charge in [0.15, 0.2) is 0 Å². The summed E-state index contributed by atoms with van der Waals surface area (Å²) in [7, 11) is 2.51. The molecule has 2 aromatic rings. The van der Waals surface area contributed by atoms with Gasteiger partial charge in [-0.15, -0.1) is 0 Å². The van der Waals surface area contributed by atoms with E-state index in [2.05, 4.69) is 9.72 Å². The van der Waals surface area contributed by atoms with E-state index in [0.717, 1.165) is 0 Å². The quantitative estimate of drug-likeness (QED) is 0.537. The number of hydrogen-bond donors (Lipinski definition) is 0. The molecule has 1 unspecified atom stereocenters. The number of ether oxygens (including phenoxy) is 4. The fraction of sp³-hybridized carbons (Fsp3) is 0.200. The SMILES string of the molecule is COC(=O)C(OC)Oc1cc(Oc2nccc(Cl)c2Cl)ccc1Cl. The molecule has 0 amide bonds. The van der Waals surface area contributed by atoms with Crippen molar-refractivity contribution in [2.75, 3.05) is 14.2 Å². The van der Waals surface area contributed by atoms with Crippen LogP contribution >= 0.6 is 34.8 Å². The van der Waals surface area contributed by atoms with E-state index in [9.17, 15) is 4.79 Å². The van der Waals surface area contributed by atoms with Crippen LogP contribution in [-0.4, -0.2) is 31.5 Å². The number of methoxy groups -OCH3 is 2. The summed E-state index contributed by atoms with van der Waals surface area (Å²) in [5.74, 6) is -0.108. The highest BCUT2D eigenvalue weighted by Crippen LogP contribution is 2.35. The third kappa shape index (κ3) is 4.42. The summed E-state index contributed by atoms with van der Waals surface area (Å²) in [6.07, 6.45) is 0.186. The Hall–Kier alpha value is -1.73. The lowest BCUT2D eigenvalue weighted by atomic mass is 10.3.